The molecule has 0 aromatic heterocycles. The maximum absolute atomic E-state index is 14.0. The molecule has 210 valence electrons. The highest BCUT2D eigenvalue weighted by Crippen LogP contribution is 2.52. The van der Waals surface area contributed by atoms with E-state index in [0.717, 1.165) is 21.9 Å². The van der Waals surface area contributed by atoms with Crippen LogP contribution < -0.4 is 11.5 Å². The van der Waals surface area contributed by atoms with Gasteiger partial charge in [0.25, 0.3) is 5.91 Å². The third-order valence-corrected chi connectivity index (χ3v) is 8.94. The molecule has 3 aliphatic rings. The number of nitrogens with zero attached hydrogens (tertiary/aromatic N) is 1. The van der Waals surface area contributed by atoms with Crippen LogP contribution in [0.5, 0.6) is 5.75 Å². The van der Waals surface area contributed by atoms with Gasteiger partial charge in [-0.05, 0) is 72.3 Å². The Kier molecular flexibility index (Phi) is 6.24. The summed E-state index contributed by atoms with van der Waals surface area (Å²) in [4.78, 5) is 41.3. The average Bonchev–Trinajstić information content (AvgIpc) is 2.92. The largest absolute Gasteiger partial charge is 0.510 e. The summed E-state index contributed by atoms with van der Waals surface area (Å²) in [7, 11) is 3.39. The molecular formula is C32H31N3O6. The maximum Gasteiger partial charge on any atom is 0.255 e. The van der Waals surface area contributed by atoms with E-state index >= 15 is 0 Å². The van der Waals surface area contributed by atoms with Crippen LogP contribution in [0, 0.1) is 17.8 Å². The lowest BCUT2D eigenvalue weighted by atomic mass is 9.59. The first-order valence-corrected chi connectivity index (χ1v) is 13.5. The molecule has 1 fully saturated rings. The van der Waals surface area contributed by atoms with Gasteiger partial charge in [0.2, 0.25) is 0 Å². The first kappa shape index (κ1) is 26.7. The van der Waals surface area contributed by atoms with Crippen LogP contribution in [0.2, 0.25) is 0 Å². The smallest absolute Gasteiger partial charge is 0.255 e. The molecule has 0 saturated heterocycles. The topological polar surface area (TPSA) is 167 Å². The number of hydrogen-bond acceptors (Lipinski definition) is 8. The molecule has 1 saturated carbocycles. The van der Waals surface area contributed by atoms with E-state index in [9.17, 15) is 29.7 Å². The normalized spacial score (nSPS) is 24.0. The van der Waals surface area contributed by atoms with Gasteiger partial charge in [-0.3, -0.25) is 19.3 Å². The number of phenolic OH excluding ortho intramolecular Hbond substituents is 1. The van der Waals surface area contributed by atoms with Crippen LogP contribution in [-0.2, 0) is 27.3 Å². The number of ketones is 2. The number of likely N-dealkylation sites (N-methyl/N-ethyl adjacent to an activating group) is 1. The van der Waals surface area contributed by atoms with Crippen LogP contribution >= 0.6 is 0 Å². The Morgan fingerprint density at radius 3 is 2.39 bits per heavy atom. The quantitative estimate of drug-likeness (QED) is 0.243. The van der Waals surface area contributed by atoms with E-state index in [2.05, 4.69) is 0 Å². The number of aliphatic hydroxyl groups excluding tert-OH is 2. The minimum atomic E-state index is -1.30. The molecule has 6 rings (SSSR count). The van der Waals surface area contributed by atoms with E-state index in [1.54, 1.807) is 19.0 Å². The van der Waals surface area contributed by atoms with Gasteiger partial charge in [-0.1, -0.05) is 42.5 Å². The standard InChI is InChI=1S/C32H31N3O6/c1-35(2)26-21-11-15-10-20-19(18-9-5-7-14-6-3-4-8-17(14)18)12-16(13-33)27(36)23(20)28(37)22(15)29(38)24(21)30(39)25(31(26)40)32(34)41/h3-9,12,15,21,24,26,36-37,40H,10-11,13,33H2,1-2H3,(H2,34,41)/t15?,21?,24?,26-/m0/s1. The average molecular weight is 554 g/mol. The van der Waals surface area contributed by atoms with Gasteiger partial charge in [-0.15, -0.1) is 0 Å². The van der Waals surface area contributed by atoms with Crippen molar-refractivity contribution in [2.75, 3.05) is 14.1 Å². The minimum absolute atomic E-state index is 0.00336. The molecule has 0 bridgehead atoms. The molecule has 9 nitrogen and oxygen atoms in total. The Bertz CT molecular complexity index is 1730. The van der Waals surface area contributed by atoms with Crippen molar-refractivity contribution in [2.45, 2.75) is 25.4 Å². The zero-order chi connectivity index (χ0) is 29.3. The van der Waals surface area contributed by atoms with Crippen molar-refractivity contribution in [2.24, 2.45) is 29.2 Å². The zero-order valence-electron chi connectivity index (χ0n) is 22.7. The second kappa shape index (κ2) is 9.57. The van der Waals surface area contributed by atoms with Gasteiger partial charge < -0.3 is 26.8 Å². The number of Topliss-reactive ketones (excluding diaryl/α,β-unsaturated/α-hetero) is 2. The first-order valence-electron chi connectivity index (χ1n) is 13.5. The number of amides is 1. The number of carbonyl (C=O) groups is 3. The Labute approximate surface area is 236 Å². The third kappa shape index (κ3) is 3.80. The minimum Gasteiger partial charge on any atom is -0.510 e. The predicted octanol–water partition coefficient (Wildman–Crippen LogP) is 3.13. The molecule has 0 aliphatic heterocycles. The Morgan fingerprint density at radius 1 is 1.00 bits per heavy atom. The number of nitrogens with two attached hydrogens (primary N) is 2. The highest BCUT2D eigenvalue weighted by atomic mass is 16.3. The summed E-state index contributed by atoms with van der Waals surface area (Å²) in [5.74, 6) is -6.04. The van der Waals surface area contributed by atoms with Crippen LogP contribution in [-0.4, -0.2) is 57.8 Å². The van der Waals surface area contributed by atoms with E-state index in [1.807, 2.05) is 48.5 Å². The van der Waals surface area contributed by atoms with Crippen molar-refractivity contribution < 1.29 is 29.7 Å². The van der Waals surface area contributed by atoms with Crippen molar-refractivity contribution in [1.82, 2.24) is 4.90 Å². The number of benzene rings is 3. The Balaban J connectivity index is 1.58. The highest BCUT2D eigenvalue weighted by molar-refractivity contribution is 6.28. The molecule has 3 aliphatic carbocycles. The van der Waals surface area contributed by atoms with Crippen LogP contribution in [0.25, 0.3) is 27.7 Å². The van der Waals surface area contributed by atoms with Crippen LogP contribution in [0.3, 0.4) is 0 Å². The molecule has 3 aromatic rings. The molecule has 1 amide bonds. The number of aliphatic hydroxyl groups is 2. The fraction of sp³-hybridized carbons (Fsp3) is 0.281. The lowest BCUT2D eigenvalue weighted by Crippen LogP contribution is -2.55. The van der Waals surface area contributed by atoms with Crippen LogP contribution in [0.1, 0.15) is 23.1 Å². The molecule has 3 unspecified atom stereocenters. The molecule has 0 radical (unpaired) electrons. The number of phenols is 1. The fourth-order valence-corrected chi connectivity index (χ4v) is 7.25. The van der Waals surface area contributed by atoms with E-state index in [4.69, 9.17) is 11.5 Å². The van der Waals surface area contributed by atoms with Gasteiger partial charge in [-0.2, -0.15) is 0 Å². The van der Waals surface area contributed by atoms with E-state index in [1.165, 1.54) is 0 Å². The van der Waals surface area contributed by atoms with Crippen molar-refractivity contribution >= 4 is 34.0 Å². The van der Waals surface area contributed by atoms with Crippen LogP contribution in [0.4, 0.5) is 0 Å². The predicted molar refractivity (Wildman–Crippen MR) is 154 cm³/mol. The fourth-order valence-electron chi connectivity index (χ4n) is 7.25. The molecule has 9 heteroatoms. The molecule has 0 heterocycles. The number of aromatic hydroxyl groups is 1. The first-order chi connectivity index (χ1) is 19.6. The number of fused-ring (bicyclic) bond motifs is 4. The van der Waals surface area contributed by atoms with Crippen LogP contribution in [0.15, 0.2) is 65.4 Å². The van der Waals surface area contributed by atoms with Gasteiger partial charge in [0.1, 0.15) is 22.8 Å². The van der Waals surface area contributed by atoms with E-state index < -0.39 is 52.6 Å². The maximum atomic E-state index is 14.0. The number of allylic oxidation sites excluding steroid dienone is 1. The van der Waals surface area contributed by atoms with Crippen molar-refractivity contribution in [3.8, 4) is 16.9 Å². The summed E-state index contributed by atoms with van der Waals surface area (Å²) in [6, 6.07) is 14.9. The summed E-state index contributed by atoms with van der Waals surface area (Å²) in [6.07, 6.45) is 0.594. The second-order valence-corrected chi connectivity index (χ2v) is 11.3. The molecule has 0 spiro atoms. The van der Waals surface area contributed by atoms with Gasteiger partial charge in [0, 0.05) is 17.7 Å². The van der Waals surface area contributed by atoms with Gasteiger partial charge in [-0.25, -0.2) is 0 Å². The monoisotopic (exact) mass is 553 g/mol. The Morgan fingerprint density at radius 2 is 1.71 bits per heavy atom. The second-order valence-electron chi connectivity index (χ2n) is 11.3. The summed E-state index contributed by atoms with van der Waals surface area (Å²) >= 11 is 0. The number of carbonyl (C=O) groups excluding carboxylic acids is 3. The SMILES string of the molecule is CN(C)[C@@H]1C(O)=C(C(N)=O)C(=O)C2C(=O)C3=C(O)c4c(O)c(CN)cc(-c5cccc6ccccc56)c4CC3CC21. The molecule has 3 aromatic carbocycles. The number of primary amides is 1. The van der Waals surface area contributed by atoms with Gasteiger partial charge >= 0.3 is 0 Å². The summed E-state index contributed by atoms with van der Waals surface area (Å²) in [6.45, 7) is -0.00336. The molecule has 4 atom stereocenters. The number of rotatable bonds is 4. The van der Waals surface area contributed by atoms with Gasteiger partial charge in [0.15, 0.2) is 11.6 Å². The van der Waals surface area contributed by atoms with Crippen molar-refractivity contribution in [3.63, 3.8) is 0 Å². The van der Waals surface area contributed by atoms with E-state index in [0.29, 0.717) is 17.5 Å². The van der Waals surface area contributed by atoms with Crippen molar-refractivity contribution in [3.05, 3.63) is 82.1 Å². The van der Waals surface area contributed by atoms with Gasteiger partial charge in [0.05, 0.1) is 17.5 Å². The van der Waals surface area contributed by atoms with E-state index in [-0.39, 0.29) is 35.6 Å². The summed E-state index contributed by atoms with van der Waals surface area (Å²) in [5, 5.41) is 35.9. The molecule has 7 N–H and O–H groups in total. The molecular weight excluding hydrogens is 522 g/mol. The number of hydrogen-bond donors (Lipinski definition) is 5. The highest BCUT2D eigenvalue weighted by Gasteiger charge is 2.55. The summed E-state index contributed by atoms with van der Waals surface area (Å²) < 4.78 is 0. The summed E-state index contributed by atoms with van der Waals surface area (Å²) in [5.41, 5.74) is 13.8. The van der Waals surface area contributed by atoms with Crippen molar-refractivity contribution in [1.29, 1.82) is 0 Å². The Hall–Kier alpha value is -4.47. The molecule has 41 heavy (non-hydrogen) atoms. The zero-order valence-corrected chi connectivity index (χ0v) is 22.7. The lowest BCUT2D eigenvalue weighted by Gasteiger charge is -2.46. The third-order valence-electron chi connectivity index (χ3n) is 8.94. The lowest BCUT2D eigenvalue weighted by molar-refractivity contribution is -0.136.